The Morgan fingerprint density at radius 3 is 2.79 bits per heavy atom. The van der Waals surface area contributed by atoms with Gasteiger partial charge in [-0.1, -0.05) is 0 Å². The number of sulfonamides is 1. The molecule has 1 aromatic heterocycles. The average Bonchev–Trinajstić information content (AvgIpc) is 2.76. The lowest BCUT2D eigenvalue weighted by molar-refractivity contribution is 0.399. The number of aryl methyl sites for hydroxylation is 1. The molecular formula is C12H21N3O2S2. The van der Waals surface area contributed by atoms with Gasteiger partial charge < -0.3 is 5.32 Å². The highest BCUT2D eigenvalue weighted by molar-refractivity contribution is 7.89. The van der Waals surface area contributed by atoms with Gasteiger partial charge in [0.15, 0.2) is 0 Å². The van der Waals surface area contributed by atoms with Gasteiger partial charge in [-0.2, -0.15) is 0 Å². The Morgan fingerprint density at radius 1 is 1.53 bits per heavy atom. The van der Waals surface area contributed by atoms with Gasteiger partial charge in [-0.15, -0.1) is 11.3 Å². The number of hydrogen-bond donors (Lipinski definition) is 2. The van der Waals surface area contributed by atoms with E-state index in [1.165, 1.54) is 11.3 Å². The van der Waals surface area contributed by atoms with Gasteiger partial charge in [0.1, 0.15) is 5.01 Å². The molecule has 7 heteroatoms. The fraction of sp³-hybridized carbons (Fsp3) is 0.750. The van der Waals surface area contributed by atoms with E-state index >= 15 is 0 Å². The van der Waals surface area contributed by atoms with Crippen molar-refractivity contribution in [3.05, 3.63) is 16.1 Å². The number of rotatable bonds is 5. The molecule has 2 N–H and O–H groups in total. The van der Waals surface area contributed by atoms with Gasteiger partial charge in [-0.3, -0.25) is 0 Å². The van der Waals surface area contributed by atoms with Crippen LogP contribution in [0.1, 0.15) is 35.7 Å². The van der Waals surface area contributed by atoms with Crippen LogP contribution in [0.3, 0.4) is 0 Å². The van der Waals surface area contributed by atoms with Crippen LogP contribution in [0.15, 0.2) is 6.20 Å². The topological polar surface area (TPSA) is 71.1 Å². The lowest BCUT2D eigenvalue weighted by Crippen LogP contribution is -2.36. The van der Waals surface area contributed by atoms with E-state index in [0.29, 0.717) is 0 Å². The summed E-state index contributed by atoms with van der Waals surface area (Å²) in [7, 11) is -3.23. The second kappa shape index (κ2) is 6.30. The molecule has 1 aromatic rings. The number of hydrogen-bond acceptors (Lipinski definition) is 5. The zero-order valence-electron chi connectivity index (χ0n) is 11.3. The molecule has 5 nitrogen and oxygen atoms in total. The van der Waals surface area contributed by atoms with Crippen molar-refractivity contribution in [3.8, 4) is 0 Å². The maximum atomic E-state index is 12.1. The van der Waals surface area contributed by atoms with E-state index in [4.69, 9.17) is 0 Å². The highest BCUT2D eigenvalue weighted by Crippen LogP contribution is 2.21. The predicted molar refractivity (Wildman–Crippen MR) is 77.8 cm³/mol. The molecule has 1 aliphatic heterocycles. The highest BCUT2D eigenvalue weighted by Gasteiger charge is 2.23. The van der Waals surface area contributed by atoms with E-state index in [2.05, 4.69) is 15.0 Å². The molecule has 2 heterocycles. The fourth-order valence-corrected chi connectivity index (χ4v) is 4.85. The molecular weight excluding hydrogens is 282 g/mol. The molecule has 0 aliphatic carbocycles. The molecule has 1 fully saturated rings. The first kappa shape index (κ1) is 14.9. The zero-order chi connectivity index (χ0) is 13.9. The maximum absolute atomic E-state index is 12.1. The Hall–Kier alpha value is -0.500. The third kappa shape index (κ3) is 4.52. The van der Waals surface area contributed by atoms with Crippen molar-refractivity contribution in [2.75, 3.05) is 18.8 Å². The maximum Gasteiger partial charge on any atom is 0.212 e. The van der Waals surface area contributed by atoms with Crippen LogP contribution in [0.4, 0.5) is 0 Å². The van der Waals surface area contributed by atoms with Crippen molar-refractivity contribution in [2.24, 2.45) is 5.92 Å². The average molecular weight is 303 g/mol. The Kier molecular flexibility index (Phi) is 4.94. The quantitative estimate of drug-likeness (QED) is 0.863. The number of aromatic nitrogens is 1. The van der Waals surface area contributed by atoms with E-state index < -0.39 is 10.0 Å². The molecule has 1 aliphatic rings. The van der Waals surface area contributed by atoms with Gasteiger partial charge in [-0.25, -0.2) is 18.1 Å². The molecule has 0 amide bonds. The van der Waals surface area contributed by atoms with Crippen LogP contribution in [-0.2, 0) is 10.0 Å². The molecule has 1 atom stereocenters. The highest BCUT2D eigenvalue weighted by atomic mass is 32.2. The lowest BCUT2D eigenvalue weighted by Gasteiger charge is -2.23. The van der Waals surface area contributed by atoms with Crippen LogP contribution in [0, 0.1) is 12.8 Å². The Morgan fingerprint density at radius 2 is 2.21 bits per heavy atom. The largest absolute Gasteiger partial charge is 0.317 e. The van der Waals surface area contributed by atoms with Crippen molar-refractivity contribution < 1.29 is 8.42 Å². The smallest absolute Gasteiger partial charge is 0.212 e. The Labute approximate surface area is 118 Å². The number of piperidine rings is 1. The summed E-state index contributed by atoms with van der Waals surface area (Å²) in [4.78, 5) is 5.32. The van der Waals surface area contributed by atoms with Crippen LogP contribution in [-0.4, -0.2) is 32.2 Å². The van der Waals surface area contributed by atoms with E-state index in [1.807, 2.05) is 13.8 Å². The van der Waals surface area contributed by atoms with Crippen LogP contribution >= 0.6 is 11.3 Å². The molecule has 2 rings (SSSR count). The Balaban J connectivity index is 1.92. The molecule has 19 heavy (non-hydrogen) atoms. The molecule has 0 bridgehead atoms. The van der Waals surface area contributed by atoms with Crippen molar-refractivity contribution in [1.29, 1.82) is 0 Å². The summed E-state index contributed by atoms with van der Waals surface area (Å²) >= 11 is 1.53. The van der Waals surface area contributed by atoms with Gasteiger partial charge in [0.05, 0.1) is 11.8 Å². The summed E-state index contributed by atoms with van der Waals surface area (Å²) in [5, 5.41) is 4.07. The summed E-state index contributed by atoms with van der Waals surface area (Å²) in [6.07, 6.45) is 3.65. The summed E-state index contributed by atoms with van der Waals surface area (Å²) in [5.74, 6) is 0.493. The van der Waals surface area contributed by atoms with E-state index in [-0.39, 0.29) is 17.7 Å². The third-order valence-electron chi connectivity index (χ3n) is 3.28. The Bertz CT molecular complexity index is 507. The van der Waals surface area contributed by atoms with E-state index in [0.717, 1.165) is 35.8 Å². The molecule has 1 unspecified atom stereocenters. The van der Waals surface area contributed by atoms with Crippen LogP contribution < -0.4 is 10.0 Å². The molecule has 0 spiro atoms. The van der Waals surface area contributed by atoms with Gasteiger partial charge in [-0.05, 0) is 45.7 Å². The van der Waals surface area contributed by atoms with Gasteiger partial charge in [0, 0.05) is 11.1 Å². The van der Waals surface area contributed by atoms with Gasteiger partial charge in [0.2, 0.25) is 10.0 Å². The first-order valence-electron chi connectivity index (χ1n) is 6.59. The van der Waals surface area contributed by atoms with Crippen LogP contribution in [0.25, 0.3) is 0 Å². The predicted octanol–water partition coefficient (Wildman–Crippen LogP) is 1.43. The summed E-state index contributed by atoms with van der Waals surface area (Å²) in [6.45, 7) is 5.65. The van der Waals surface area contributed by atoms with Gasteiger partial charge >= 0.3 is 0 Å². The lowest BCUT2D eigenvalue weighted by atomic mass is 10.0. The minimum atomic E-state index is -3.23. The second-order valence-electron chi connectivity index (χ2n) is 5.12. The van der Waals surface area contributed by atoms with Crippen molar-refractivity contribution in [1.82, 2.24) is 15.0 Å². The van der Waals surface area contributed by atoms with Crippen molar-refractivity contribution >= 4 is 21.4 Å². The van der Waals surface area contributed by atoms with E-state index in [1.54, 1.807) is 6.20 Å². The SMILES string of the molecule is Cc1cnc(C(C)NS(=O)(=O)CC2CCNCC2)s1. The molecule has 0 radical (unpaired) electrons. The molecule has 1 saturated heterocycles. The first-order chi connectivity index (χ1) is 8.96. The summed E-state index contributed by atoms with van der Waals surface area (Å²) in [6, 6.07) is -0.245. The number of nitrogens with one attached hydrogen (secondary N) is 2. The number of thiazole rings is 1. The molecule has 108 valence electrons. The van der Waals surface area contributed by atoms with Crippen molar-refractivity contribution in [2.45, 2.75) is 32.7 Å². The summed E-state index contributed by atoms with van der Waals surface area (Å²) in [5.41, 5.74) is 0. The monoisotopic (exact) mass is 303 g/mol. The van der Waals surface area contributed by atoms with Crippen LogP contribution in [0.2, 0.25) is 0 Å². The second-order valence-corrected chi connectivity index (χ2v) is 8.19. The number of nitrogens with zero attached hydrogens (tertiary/aromatic N) is 1. The van der Waals surface area contributed by atoms with E-state index in [9.17, 15) is 8.42 Å². The normalized spacial score (nSPS) is 19.5. The van der Waals surface area contributed by atoms with Crippen LogP contribution in [0.5, 0.6) is 0 Å². The third-order valence-corrected chi connectivity index (χ3v) is 6.00. The molecule has 0 aromatic carbocycles. The minimum absolute atomic E-state index is 0.226. The summed E-state index contributed by atoms with van der Waals surface area (Å²) < 4.78 is 27.0. The fourth-order valence-electron chi connectivity index (χ4n) is 2.30. The zero-order valence-corrected chi connectivity index (χ0v) is 13.0. The van der Waals surface area contributed by atoms with Crippen molar-refractivity contribution in [3.63, 3.8) is 0 Å². The van der Waals surface area contributed by atoms with Gasteiger partial charge in [0.25, 0.3) is 0 Å². The minimum Gasteiger partial charge on any atom is -0.317 e. The first-order valence-corrected chi connectivity index (χ1v) is 9.06. The molecule has 0 saturated carbocycles. The standard InChI is InChI=1S/C12H21N3O2S2/c1-9-7-14-12(18-9)10(2)15-19(16,17)8-11-3-5-13-6-4-11/h7,10-11,13,15H,3-6,8H2,1-2H3.